The fourth-order valence-corrected chi connectivity index (χ4v) is 1.62. The van der Waals surface area contributed by atoms with E-state index >= 15 is 0 Å². The van der Waals surface area contributed by atoms with Gasteiger partial charge in [0, 0.05) is 6.54 Å². The minimum absolute atomic E-state index is 0.0827. The topological polar surface area (TPSA) is 58.3 Å². The van der Waals surface area contributed by atoms with Crippen LogP contribution in [0, 0.1) is 0 Å². The summed E-state index contributed by atoms with van der Waals surface area (Å²) in [5, 5.41) is 12.2. The number of rotatable bonds is 4. The molecule has 0 aliphatic rings. The quantitative estimate of drug-likeness (QED) is 0.704. The van der Waals surface area contributed by atoms with Gasteiger partial charge in [-0.3, -0.25) is 0 Å². The van der Waals surface area contributed by atoms with Crippen molar-refractivity contribution in [1.82, 2.24) is 0 Å². The molecule has 17 heavy (non-hydrogen) atoms. The average Bonchev–Trinajstić information content (AvgIpc) is 2.38. The first kappa shape index (κ1) is 11.5. The highest BCUT2D eigenvalue weighted by Crippen LogP contribution is 2.17. The van der Waals surface area contributed by atoms with Gasteiger partial charge in [0.15, 0.2) is 0 Å². The molecule has 4 N–H and O–H groups in total. The molecule has 2 aromatic rings. The molecular formula is C14H16N2O. The first-order valence-electron chi connectivity index (χ1n) is 5.56. The van der Waals surface area contributed by atoms with Crippen LogP contribution in [0.25, 0.3) is 0 Å². The van der Waals surface area contributed by atoms with Crippen molar-refractivity contribution in [3.8, 4) is 0 Å². The largest absolute Gasteiger partial charge is 0.397 e. The van der Waals surface area contributed by atoms with Crippen molar-refractivity contribution in [2.75, 3.05) is 11.1 Å². The number of para-hydroxylation sites is 2. The number of hydrogen-bond donors (Lipinski definition) is 3. The Morgan fingerprint density at radius 3 is 2.24 bits per heavy atom. The van der Waals surface area contributed by atoms with Gasteiger partial charge in [0.25, 0.3) is 0 Å². The van der Waals surface area contributed by atoms with Gasteiger partial charge >= 0.3 is 0 Å². The van der Waals surface area contributed by atoms with Crippen LogP contribution in [-0.2, 0) is 13.2 Å². The van der Waals surface area contributed by atoms with E-state index in [1.807, 2.05) is 48.5 Å². The van der Waals surface area contributed by atoms with Crippen LogP contribution in [0.4, 0.5) is 11.4 Å². The molecule has 2 aromatic carbocycles. The maximum atomic E-state index is 8.94. The second kappa shape index (κ2) is 5.37. The zero-order valence-corrected chi connectivity index (χ0v) is 9.56. The third-order valence-electron chi connectivity index (χ3n) is 2.65. The Bertz CT molecular complexity index is 480. The number of anilines is 2. The number of hydrogen-bond acceptors (Lipinski definition) is 3. The molecule has 0 bridgehead atoms. The number of nitrogens with one attached hydrogen (secondary N) is 1. The van der Waals surface area contributed by atoms with E-state index in [1.54, 1.807) is 0 Å². The van der Waals surface area contributed by atoms with Gasteiger partial charge in [-0.15, -0.1) is 0 Å². The zero-order chi connectivity index (χ0) is 12.1. The van der Waals surface area contributed by atoms with Crippen molar-refractivity contribution < 1.29 is 5.11 Å². The summed E-state index contributed by atoms with van der Waals surface area (Å²) in [5.74, 6) is 0. The number of nitrogens with two attached hydrogens (primary N) is 1. The third kappa shape index (κ3) is 2.98. The molecule has 0 aliphatic heterocycles. The van der Waals surface area contributed by atoms with E-state index in [1.165, 1.54) is 0 Å². The highest BCUT2D eigenvalue weighted by molar-refractivity contribution is 5.65. The van der Waals surface area contributed by atoms with Gasteiger partial charge in [0.2, 0.25) is 0 Å². The summed E-state index contributed by atoms with van der Waals surface area (Å²) >= 11 is 0. The lowest BCUT2D eigenvalue weighted by atomic mass is 10.1. The fraction of sp³-hybridized carbons (Fsp3) is 0.143. The molecule has 0 radical (unpaired) electrons. The summed E-state index contributed by atoms with van der Waals surface area (Å²) in [6, 6.07) is 15.5. The van der Waals surface area contributed by atoms with E-state index < -0.39 is 0 Å². The van der Waals surface area contributed by atoms with Gasteiger partial charge in [0.05, 0.1) is 18.0 Å². The number of aliphatic hydroxyl groups is 1. The second-order valence-electron chi connectivity index (χ2n) is 3.92. The summed E-state index contributed by atoms with van der Waals surface area (Å²) in [7, 11) is 0. The molecule has 3 heteroatoms. The number of benzene rings is 2. The average molecular weight is 228 g/mol. The predicted molar refractivity (Wildman–Crippen MR) is 70.5 cm³/mol. The van der Waals surface area contributed by atoms with Crippen molar-refractivity contribution in [2.45, 2.75) is 13.2 Å². The Morgan fingerprint density at radius 1 is 0.941 bits per heavy atom. The van der Waals surface area contributed by atoms with Gasteiger partial charge in [-0.05, 0) is 23.3 Å². The second-order valence-corrected chi connectivity index (χ2v) is 3.92. The molecule has 88 valence electrons. The molecular weight excluding hydrogens is 212 g/mol. The third-order valence-corrected chi connectivity index (χ3v) is 2.65. The van der Waals surface area contributed by atoms with Crippen LogP contribution >= 0.6 is 0 Å². The van der Waals surface area contributed by atoms with Crippen LogP contribution in [0.15, 0.2) is 48.5 Å². The first-order chi connectivity index (χ1) is 8.29. The maximum Gasteiger partial charge on any atom is 0.0681 e. The summed E-state index contributed by atoms with van der Waals surface area (Å²) in [4.78, 5) is 0. The normalized spacial score (nSPS) is 10.2. The number of aliphatic hydroxyl groups excluding tert-OH is 1. The summed E-state index contributed by atoms with van der Waals surface area (Å²) in [6.07, 6.45) is 0. The van der Waals surface area contributed by atoms with Crippen LogP contribution in [-0.4, -0.2) is 5.11 Å². The Labute approximate surface area is 101 Å². The van der Waals surface area contributed by atoms with E-state index in [0.717, 1.165) is 29.0 Å². The van der Waals surface area contributed by atoms with E-state index in [9.17, 15) is 0 Å². The molecule has 0 aliphatic carbocycles. The van der Waals surface area contributed by atoms with E-state index in [-0.39, 0.29) is 6.61 Å². The zero-order valence-electron chi connectivity index (χ0n) is 9.56. The van der Waals surface area contributed by atoms with E-state index in [4.69, 9.17) is 10.8 Å². The minimum atomic E-state index is 0.0827. The number of nitrogen functional groups attached to an aromatic ring is 1. The van der Waals surface area contributed by atoms with Crippen molar-refractivity contribution >= 4 is 11.4 Å². The van der Waals surface area contributed by atoms with E-state index in [2.05, 4.69) is 5.32 Å². The highest BCUT2D eigenvalue weighted by atomic mass is 16.3. The molecule has 0 atom stereocenters. The molecule has 0 aromatic heterocycles. The minimum Gasteiger partial charge on any atom is -0.397 e. The van der Waals surface area contributed by atoms with E-state index in [0.29, 0.717) is 0 Å². The van der Waals surface area contributed by atoms with Gasteiger partial charge in [-0.25, -0.2) is 0 Å². The van der Waals surface area contributed by atoms with Crippen LogP contribution in [0.3, 0.4) is 0 Å². The Balaban J connectivity index is 2.00. The molecule has 0 spiro atoms. The summed E-state index contributed by atoms with van der Waals surface area (Å²) in [6.45, 7) is 0.805. The van der Waals surface area contributed by atoms with Crippen LogP contribution in [0.1, 0.15) is 11.1 Å². The predicted octanol–water partition coefficient (Wildman–Crippen LogP) is 2.37. The lowest BCUT2D eigenvalue weighted by Gasteiger charge is -2.09. The molecule has 0 unspecified atom stereocenters. The molecule has 3 nitrogen and oxygen atoms in total. The van der Waals surface area contributed by atoms with Gasteiger partial charge in [0.1, 0.15) is 0 Å². The van der Waals surface area contributed by atoms with Gasteiger partial charge in [-0.2, -0.15) is 0 Å². The highest BCUT2D eigenvalue weighted by Gasteiger charge is 1.97. The molecule has 0 fully saturated rings. The van der Waals surface area contributed by atoms with Crippen LogP contribution < -0.4 is 11.1 Å². The van der Waals surface area contributed by atoms with Crippen molar-refractivity contribution in [3.05, 3.63) is 59.7 Å². The Hall–Kier alpha value is -2.00. The standard InChI is InChI=1S/C14H16N2O/c15-13-3-1-2-4-14(13)16-9-11-5-7-12(10-17)8-6-11/h1-8,16-17H,9-10,15H2. The van der Waals surface area contributed by atoms with Crippen LogP contribution in [0.5, 0.6) is 0 Å². The summed E-state index contributed by atoms with van der Waals surface area (Å²) in [5.41, 5.74) is 9.61. The molecule has 0 heterocycles. The van der Waals surface area contributed by atoms with Crippen molar-refractivity contribution in [1.29, 1.82) is 0 Å². The lowest BCUT2D eigenvalue weighted by Crippen LogP contribution is -2.02. The maximum absolute atomic E-state index is 8.94. The van der Waals surface area contributed by atoms with Crippen LogP contribution in [0.2, 0.25) is 0 Å². The summed E-state index contributed by atoms with van der Waals surface area (Å²) < 4.78 is 0. The van der Waals surface area contributed by atoms with Gasteiger partial charge < -0.3 is 16.2 Å². The Kier molecular flexibility index (Phi) is 3.62. The SMILES string of the molecule is Nc1ccccc1NCc1ccc(CO)cc1. The molecule has 0 amide bonds. The van der Waals surface area contributed by atoms with Crippen molar-refractivity contribution in [3.63, 3.8) is 0 Å². The monoisotopic (exact) mass is 228 g/mol. The first-order valence-corrected chi connectivity index (χ1v) is 5.56. The Morgan fingerprint density at radius 2 is 1.59 bits per heavy atom. The smallest absolute Gasteiger partial charge is 0.0681 e. The van der Waals surface area contributed by atoms with Crippen molar-refractivity contribution in [2.24, 2.45) is 0 Å². The molecule has 0 saturated carbocycles. The lowest BCUT2D eigenvalue weighted by molar-refractivity contribution is 0.282. The molecule has 0 saturated heterocycles. The van der Waals surface area contributed by atoms with Gasteiger partial charge in [-0.1, -0.05) is 36.4 Å². The fourth-order valence-electron chi connectivity index (χ4n) is 1.62. The molecule has 2 rings (SSSR count).